The zero-order valence-electron chi connectivity index (χ0n) is 16.2. The summed E-state index contributed by atoms with van der Waals surface area (Å²) in [5.41, 5.74) is 4.08. The Hall–Kier alpha value is -2.54. The summed E-state index contributed by atoms with van der Waals surface area (Å²) in [7, 11) is 3.66. The van der Waals surface area contributed by atoms with Crippen molar-refractivity contribution in [2.75, 3.05) is 5.75 Å². The number of imidazole rings is 1. The predicted octanol–water partition coefficient (Wildman–Crippen LogP) is 3.25. The van der Waals surface area contributed by atoms with Crippen LogP contribution in [0.25, 0.3) is 11.0 Å². The molecule has 2 aliphatic rings. The monoisotopic (exact) mass is 393 g/mol. The average molecular weight is 394 g/mol. The molecule has 7 heteroatoms. The summed E-state index contributed by atoms with van der Waals surface area (Å²) in [5.74, 6) is 1.08. The molecule has 0 unspecified atom stereocenters. The lowest BCUT2D eigenvalue weighted by atomic mass is 9.95. The van der Waals surface area contributed by atoms with E-state index in [2.05, 4.69) is 41.1 Å². The first kappa shape index (κ1) is 17.6. The number of hydrogen-bond donors (Lipinski definition) is 0. The molecular formula is C21H23N5OS. The highest BCUT2D eigenvalue weighted by atomic mass is 32.2. The van der Waals surface area contributed by atoms with Crippen LogP contribution in [-0.2, 0) is 14.1 Å². The van der Waals surface area contributed by atoms with Crippen molar-refractivity contribution in [1.29, 1.82) is 0 Å². The third-order valence-corrected chi connectivity index (χ3v) is 7.09. The van der Waals surface area contributed by atoms with E-state index >= 15 is 0 Å². The van der Waals surface area contributed by atoms with Gasteiger partial charge in [0.25, 0.3) is 0 Å². The molecule has 144 valence electrons. The number of hydrogen-bond acceptors (Lipinski definition) is 5. The molecule has 0 spiro atoms. The number of aliphatic imine (C=N–C) groups is 1. The van der Waals surface area contributed by atoms with E-state index in [0.29, 0.717) is 6.04 Å². The lowest BCUT2D eigenvalue weighted by Gasteiger charge is -2.32. The number of aromatic nitrogens is 3. The van der Waals surface area contributed by atoms with Crippen LogP contribution in [0.3, 0.4) is 0 Å². The number of rotatable bonds is 3. The highest BCUT2D eigenvalue weighted by Gasteiger charge is 2.45. The molecule has 0 radical (unpaired) electrons. The van der Waals surface area contributed by atoms with Crippen LogP contribution in [0.15, 0.2) is 52.4 Å². The van der Waals surface area contributed by atoms with Gasteiger partial charge in [-0.3, -0.25) is 19.1 Å². The van der Waals surface area contributed by atoms with Crippen molar-refractivity contribution in [1.82, 2.24) is 19.0 Å². The summed E-state index contributed by atoms with van der Waals surface area (Å²) in [4.78, 5) is 24.5. The number of nitrogens with zero attached hydrogens (tertiary/aromatic N) is 5. The third kappa shape index (κ3) is 2.45. The molecule has 0 aliphatic carbocycles. The van der Waals surface area contributed by atoms with Gasteiger partial charge in [-0.15, -0.1) is 0 Å². The zero-order chi connectivity index (χ0) is 19.4. The molecule has 6 nitrogen and oxygen atoms in total. The van der Waals surface area contributed by atoms with E-state index in [1.807, 2.05) is 44.2 Å². The maximum atomic E-state index is 12.4. The SMILES string of the molecule is CC[C@H]1CSC2=N[C@H](c3ccccn3)[C@@H](c3ccc4c(c3)n(C)c(=O)n4C)N21. The Balaban J connectivity index is 1.67. The number of benzene rings is 1. The number of thioether (sulfide) groups is 1. The maximum absolute atomic E-state index is 12.4. The van der Waals surface area contributed by atoms with E-state index in [1.165, 1.54) is 5.56 Å². The lowest BCUT2D eigenvalue weighted by Crippen LogP contribution is -2.35. The van der Waals surface area contributed by atoms with E-state index in [1.54, 1.807) is 9.13 Å². The van der Waals surface area contributed by atoms with Gasteiger partial charge in [-0.25, -0.2) is 4.79 Å². The zero-order valence-corrected chi connectivity index (χ0v) is 17.1. The van der Waals surface area contributed by atoms with Gasteiger partial charge in [0.2, 0.25) is 0 Å². The summed E-state index contributed by atoms with van der Waals surface area (Å²) in [5, 5.41) is 1.12. The normalized spacial score (nSPS) is 24.0. The van der Waals surface area contributed by atoms with Gasteiger partial charge in [-0.05, 0) is 36.2 Å². The smallest absolute Gasteiger partial charge is 0.328 e. The standard InChI is InChI=1S/C21H23N5OS/c1-4-14-12-28-20-23-18(15-7-5-6-10-22-15)19(26(14)20)13-8-9-16-17(11-13)25(3)21(27)24(16)2/h5-11,14,18-19H,4,12H2,1-3H3/t14-,18+,19+/m0/s1. The summed E-state index contributed by atoms with van der Waals surface area (Å²) < 4.78 is 3.42. The average Bonchev–Trinajstić information content (AvgIpc) is 3.36. The van der Waals surface area contributed by atoms with Crippen molar-refractivity contribution in [2.45, 2.75) is 31.5 Å². The molecule has 0 N–H and O–H groups in total. The van der Waals surface area contributed by atoms with Gasteiger partial charge in [0.1, 0.15) is 6.04 Å². The van der Waals surface area contributed by atoms with Gasteiger partial charge in [0.15, 0.2) is 5.17 Å². The summed E-state index contributed by atoms with van der Waals surface area (Å²) in [6, 6.07) is 12.9. The number of aryl methyl sites for hydroxylation is 2. The molecule has 1 fully saturated rings. The van der Waals surface area contributed by atoms with Crippen LogP contribution in [0.2, 0.25) is 0 Å². The summed E-state index contributed by atoms with van der Waals surface area (Å²) in [6.07, 6.45) is 2.92. The Morgan fingerprint density at radius 3 is 2.71 bits per heavy atom. The molecule has 4 heterocycles. The molecule has 28 heavy (non-hydrogen) atoms. The van der Waals surface area contributed by atoms with Crippen LogP contribution in [0.5, 0.6) is 0 Å². The Bertz CT molecular complexity index is 1130. The molecule has 2 aliphatic heterocycles. The lowest BCUT2D eigenvalue weighted by molar-refractivity contribution is 0.255. The fourth-order valence-electron chi connectivity index (χ4n) is 4.42. The molecule has 1 saturated heterocycles. The fraction of sp³-hybridized carbons (Fsp3) is 0.381. The quantitative estimate of drug-likeness (QED) is 0.685. The molecule has 0 amide bonds. The second kappa shape index (κ2) is 6.51. The van der Waals surface area contributed by atoms with E-state index in [-0.39, 0.29) is 17.8 Å². The Labute approximate surface area is 167 Å². The largest absolute Gasteiger partial charge is 0.338 e. The minimum Gasteiger partial charge on any atom is -0.338 e. The molecule has 0 bridgehead atoms. The van der Waals surface area contributed by atoms with Gasteiger partial charge >= 0.3 is 5.69 Å². The van der Waals surface area contributed by atoms with E-state index < -0.39 is 0 Å². The Morgan fingerprint density at radius 1 is 1.14 bits per heavy atom. The Kier molecular flexibility index (Phi) is 4.08. The van der Waals surface area contributed by atoms with Gasteiger partial charge in [0.05, 0.1) is 22.8 Å². The van der Waals surface area contributed by atoms with Crippen LogP contribution in [-0.4, -0.2) is 36.0 Å². The van der Waals surface area contributed by atoms with E-state index in [4.69, 9.17) is 4.99 Å². The van der Waals surface area contributed by atoms with Crippen molar-refractivity contribution >= 4 is 28.0 Å². The topological polar surface area (TPSA) is 55.4 Å². The highest BCUT2D eigenvalue weighted by molar-refractivity contribution is 8.14. The van der Waals surface area contributed by atoms with Crippen molar-refractivity contribution in [3.05, 3.63) is 64.3 Å². The second-order valence-electron chi connectivity index (χ2n) is 7.49. The maximum Gasteiger partial charge on any atom is 0.328 e. The molecule has 1 aromatic carbocycles. The van der Waals surface area contributed by atoms with Crippen molar-refractivity contribution in [2.24, 2.45) is 19.1 Å². The van der Waals surface area contributed by atoms with Gasteiger partial charge in [-0.1, -0.05) is 30.8 Å². The number of amidine groups is 1. The first-order chi connectivity index (χ1) is 13.6. The minimum absolute atomic E-state index is 0.0000465. The van der Waals surface area contributed by atoms with Crippen molar-refractivity contribution in [3.63, 3.8) is 0 Å². The summed E-state index contributed by atoms with van der Waals surface area (Å²) in [6.45, 7) is 2.24. The molecular weight excluding hydrogens is 370 g/mol. The third-order valence-electron chi connectivity index (χ3n) is 5.97. The molecule has 5 rings (SSSR count). The van der Waals surface area contributed by atoms with Crippen LogP contribution < -0.4 is 5.69 Å². The second-order valence-corrected chi connectivity index (χ2v) is 8.47. The first-order valence-corrected chi connectivity index (χ1v) is 10.6. The molecule has 0 saturated carbocycles. The van der Waals surface area contributed by atoms with Gasteiger partial charge in [-0.2, -0.15) is 0 Å². The van der Waals surface area contributed by atoms with Gasteiger partial charge in [0, 0.05) is 32.1 Å². The molecule has 2 aromatic heterocycles. The van der Waals surface area contributed by atoms with Crippen molar-refractivity contribution in [3.8, 4) is 0 Å². The Morgan fingerprint density at radius 2 is 1.96 bits per heavy atom. The number of fused-ring (bicyclic) bond motifs is 2. The summed E-state index contributed by atoms with van der Waals surface area (Å²) >= 11 is 1.84. The van der Waals surface area contributed by atoms with Gasteiger partial charge < -0.3 is 4.90 Å². The minimum atomic E-state index is -0.0313. The fourth-order valence-corrected chi connectivity index (χ4v) is 5.76. The van der Waals surface area contributed by atoms with Crippen LogP contribution >= 0.6 is 11.8 Å². The van der Waals surface area contributed by atoms with Crippen LogP contribution in [0.4, 0.5) is 0 Å². The first-order valence-electron chi connectivity index (χ1n) is 9.65. The highest BCUT2D eigenvalue weighted by Crippen LogP contribution is 2.48. The van der Waals surface area contributed by atoms with E-state index in [0.717, 1.165) is 34.1 Å². The predicted molar refractivity (Wildman–Crippen MR) is 114 cm³/mol. The van der Waals surface area contributed by atoms with Crippen LogP contribution in [0.1, 0.15) is 36.7 Å². The molecule has 3 aromatic rings. The van der Waals surface area contributed by atoms with Crippen molar-refractivity contribution < 1.29 is 0 Å². The molecule has 3 atom stereocenters. The van der Waals surface area contributed by atoms with Crippen LogP contribution in [0, 0.1) is 0 Å². The number of pyridine rings is 1. The van der Waals surface area contributed by atoms with E-state index in [9.17, 15) is 4.79 Å².